The summed E-state index contributed by atoms with van der Waals surface area (Å²) >= 11 is 1.74. The maximum atomic E-state index is 4.17. The minimum atomic E-state index is 0.665. The van der Waals surface area contributed by atoms with Gasteiger partial charge < -0.3 is 5.32 Å². The fourth-order valence-electron chi connectivity index (χ4n) is 1.70. The van der Waals surface area contributed by atoms with Gasteiger partial charge in [0.2, 0.25) is 0 Å². The molecule has 0 aliphatic heterocycles. The lowest BCUT2D eigenvalue weighted by molar-refractivity contribution is 0.547. The van der Waals surface area contributed by atoms with Crippen LogP contribution in [0.2, 0.25) is 0 Å². The van der Waals surface area contributed by atoms with E-state index in [-0.39, 0.29) is 0 Å². The molecule has 2 aromatic rings. The van der Waals surface area contributed by atoms with Crippen molar-refractivity contribution in [3.63, 3.8) is 0 Å². The van der Waals surface area contributed by atoms with E-state index in [4.69, 9.17) is 0 Å². The number of rotatable bonds is 7. The van der Waals surface area contributed by atoms with E-state index in [1.807, 2.05) is 10.9 Å². The summed E-state index contributed by atoms with van der Waals surface area (Å²) in [5.74, 6) is 0.665. The molecule has 18 heavy (non-hydrogen) atoms. The Hall–Kier alpha value is -1.20. The van der Waals surface area contributed by atoms with Gasteiger partial charge >= 0.3 is 0 Å². The van der Waals surface area contributed by atoms with Crippen LogP contribution >= 0.6 is 11.3 Å². The van der Waals surface area contributed by atoms with Gasteiger partial charge in [0.1, 0.15) is 0 Å². The third-order valence-electron chi connectivity index (χ3n) is 2.65. The number of aromatic nitrogens is 3. The van der Waals surface area contributed by atoms with Crippen molar-refractivity contribution in [2.75, 3.05) is 6.54 Å². The summed E-state index contributed by atoms with van der Waals surface area (Å²) in [6, 6.07) is 2.16. The smallest absolute Gasteiger partial charge is 0.0964 e. The largest absolute Gasteiger partial charge is 0.311 e. The molecule has 2 rings (SSSR count). The normalized spacial score (nSPS) is 11.3. The molecule has 1 N–H and O–H groups in total. The second-order valence-electron chi connectivity index (χ2n) is 4.88. The number of hydrogen-bond acceptors (Lipinski definition) is 4. The fourth-order valence-corrected chi connectivity index (χ4v) is 2.40. The first-order valence-electron chi connectivity index (χ1n) is 6.35. The lowest BCUT2D eigenvalue weighted by Crippen LogP contribution is -2.19. The highest BCUT2D eigenvalue weighted by Crippen LogP contribution is 2.07. The molecule has 0 aliphatic rings. The van der Waals surface area contributed by atoms with Crippen LogP contribution in [-0.2, 0) is 19.5 Å². The Morgan fingerprint density at radius 2 is 2.33 bits per heavy atom. The summed E-state index contributed by atoms with van der Waals surface area (Å²) in [4.78, 5) is 0. The van der Waals surface area contributed by atoms with E-state index < -0.39 is 0 Å². The molecule has 0 atom stereocenters. The van der Waals surface area contributed by atoms with Gasteiger partial charge in [-0.1, -0.05) is 19.1 Å². The van der Waals surface area contributed by atoms with E-state index >= 15 is 0 Å². The van der Waals surface area contributed by atoms with Gasteiger partial charge in [-0.2, -0.15) is 11.3 Å². The van der Waals surface area contributed by atoms with E-state index in [1.54, 1.807) is 11.3 Å². The topological polar surface area (TPSA) is 42.7 Å². The monoisotopic (exact) mass is 264 g/mol. The van der Waals surface area contributed by atoms with Gasteiger partial charge in [-0.05, 0) is 41.3 Å². The van der Waals surface area contributed by atoms with Crippen molar-refractivity contribution >= 4 is 11.3 Å². The molecule has 5 heteroatoms. The van der Waals surface area contributed by atoms with E-state index in [9.17, 15) is 0 Å². The third-order valence-corrected chi connectivity index (χ3v) is 3.39. The number of nitrogens with zero attached hydrogens (tertiary/aromatic N) is 3. The van der Waals surface area contributed by atoms with Crippen molar-refractivity contribution in [2.45, 2.75) is 33.4 Å². The van der Waals surface area contributed by atoms with E-state index in [0.29, 0.717) is 5.92 Å². The van der Waals surface area contributed by atoms with Crippen molar-refractivity contribution < 1.29 is 0 Å². The van der Waals surface area contributed by atoms with Crippen LogP contribution in [-0.4, -0.2) is 21.5 Å². The molecular weight excluding hydrogens is 244 g/mol. The second kappa shape index (κ2) is 6.66. The minimum absolute atomic E-state index is 0.665. The van der Waals surface area contributed by atoms with E-state index in [0.717, 1.165) is 31.7 Å². The Bertz CT molecular complexity index is 447. The zero-order valence-corrected chi connectivity index (χ0v) is 11.8. The number of thiophene rings is 1. The van der Waals surface area contributed by atoms with Crippen molar-refractivity contribution in [3.8, 4) is 0 Å². The molecule has 0 radical (unpaired) electrons. The molecule has 0 bridgehead atoms. The van der Waals surface area contributed by atoms with Crippen LogP contribution in [0, 0.1) is 5.92 Å². The van der Waals surface area contributed by atoms with Crippen LogP contribution in [0.3, 0.4) is 0 Å². The minimum Gasteiger partial charge on any atom is -0.311 e. The first-order valence-corrected chi connectivity index (χ1v) is 7.29. The Labute approximate surface area is 112 Å². The molecule has 0 aromatic carbocycles. The number of nitrogens with one attached hydrogen (secondary N) is 1. The average Bonchev–Trinajstić information content (AvgIpc) is 2.96. The fraction of sp³-hybridized carbons (Fsp3) is 0.538. The number of hydrogen-bond donors (Lipinski definition) is 1. The molecule has 0 aliphatic carbocycles. The summed E-state index contributed by atoms with van der Waals surface area (Å²) in [5.41, 5.74) is 2.39. The Morgan fingerprint density at radius 3 is 3.06 bits per heavy atom. The molecule has 2 heterocycles. The van der Waals surface area contributed by atoms with Gasteiger partial charge in [0.05, 0.1) is 5.69 Å². The van der Waals surface area contributed by atoms with Crippen molar-refractivity contribution in [3.05, 3.63) is 34.3 Å². The average molecular weight is 264 g/mol. The second-order valence-corrected chi connectivity index (χ2v) is 5.66. The molecule has 0 saturated heterocycles. The SMILES string of the molecule is CC(C)CNCc1cn(CCc2ccsc2)nn1. The predicted octanol–water partition coefficient (Wildman–Crippen LogP) is 2.33. The highest BCUT2D eigenvalue weighted by Gasteiger charge is 2.01. The highest BCUT2D eigenvalue weighted by atomic mass is 32.1. The molecule has 2 aromatic heterocycles. The van der Waals surface area contributed by atoms with Crippen LogP contribution in [0.15, 0.2) is 23.0 Å². The predicted molar refractivity (Wildman–Crippen MR) is 74.6 cm³/mol. The van der Waals surface area contributed by atoms with Crippen LogP contribution in [0.1, 0.15) is 25.1 Å². The van der Waals surface area contributed by atoms with E-state index in [1.165, 1.54) is 5.56 Å². The first kappa shape index (κ1) is 13.2. The van der Waals surface area contributed by atoms with Gasteiger partial charge in [0, 0.05) is 19.3 Å². The molecule has 0 saturated carbocycles. The molecule has 0 fully saturated rings. The van der Waals surface area contributed by atoms with Gasteiger partial charge in [-0.15, -0.1) is 5.10 Å². The van der Waals surface area contributed by atoms with Crippen molar-refractivity contribution in [2.24, 2.45) is 5.92 Å². The zero-order valence-electron chi connectivity index (χ0n) is 11.0. The summed E-state index contributed by atoms with van der Waals surface area (Å²) in [6.07, 6.45) is 3.05. The Balaban J connectivity index is 1.75. The maximum absolute atomic E-state index is 4.17. The van der Waals surface area contributed by atoms with Crippen LogP contribution in [0.5, 0.6) is 0 Å². The summed E-state index contributed by atoms with van der Waals surface area (Å²) in [5, 5.41) is 16.0. The van der Waals surface area contributed by atoms with Gasteiger partial charge in [-0.3, -0.25) is 4.68 Å². The Morgan fingerprint density at radius 1 is 1.44 bits per heavy atom. The van der Waals surface area contributed by atoms with E-state index in [2.05, 4.69) is 46.3 Å². The first-order chi connectivity index (χ1) is 8.74. The summed E-state index contributed by atoms with van der Waals surface area (Å²) in [6.45, 7) is 7.11. The maximum Gasteiger partial charge on any atom is 0.0964 e. The lowest BCUT2D eigenvalue weighted by atomic mass is 10.2. The lowest BCUT2D eigenvalue weighted by Gasteiger charge is -2.04. The zero-order chi connectivity index (χ0) is 12.8. The molecule has 0 unspecified atom stereocenters. The summed E-state index contributed by atoms with van der Waals surface area (Å²) in [7, 11) is 0. The molecule has 98 valence electrons. The molecule has 0 spiro atoms. The molecular formula is C13H20N4S. The van der Waals surface area contributed by atoms with Gasteiger partial charge in [0.15, 0.2) is 0 Å². The third kappa shape index (κ3) is 4.23. The Kier molecular flexibility index (Phi) is 4.90. The van der Waals surface area contributed by atoms with Crippen LogP contribution < -0.4 is 5.32 Å². The van der Waals surface area contributed by atoms with Crippen molar-refractivity contribution in [1.82, 2.24) is 20.3 Å². The van der Waals surface area contributed by atoms with Crippen LogP contribution in [0.4, 0.5) is 0 Å². The molecule has 4 nitrogen and oxygen atoms in total. The number of aryl methyl sites for hydroxylation is 2. The quantitative estimate of drug-likeness (QED) is 0.834. The standard InChI is InChI=1S/C13H20N4S/c1-11(2)7-14-8-13-9-17(16-15-13)5-3-12-4-6-18-10-12/h4,6,9-11,14H,3,5,7-8H2,1-2H3. The highest BCUT2D eigenvalue weighted by molar-refractivity contribution is 7.07. The van der Waals surface area contributed by atoms with Crippen molar-refractivity contribution in [1.29, 1.82) is 0 Å². The molecule has 0 amide bonds. The van der Waals surface area contributed by atoms with Crippen LogP contribution in [0.25, 0.3) is 0 Å². The summed E-state index contributed by atoms with van der Waals surface area (Å²) < 4.78 is 1.92. The van der Waals surface area contributed by atoms with Gasteiger partial charge in [0.25, 0.3) is 0 Å². The van der Waals surface area contributed by atoms with Gasteiger partial charge in [-0.25, -0.2) is 0 Å².